The van der Waals surface area contributed by atoms with Crippen molar-refractivity contribution in [1.82, 2.24) is 4.90 Å². The van der Waals surface area contributed by atoms with Crippen LogP contribution in [0.5, 0.6) is 5.75 Å². The van der Waals surface area contributed by atoms with Gasteiger partial charge in [0.15, 0.2) is 0 Å². The molecule has 0 aromatic heterocycles. The molecule has 0 spiro atoms. The van der Waals surface area contributed by atoms with E-state index in [1.165, 1.54) is 12.1 Å². The second-order valence-corrected chi connectivity index (χ2v) is 5.51. The normalized spacial score (nSPS) is 22.7. The molecule has 2 unspecified atom stereocenters. The Labute approximate surface area is 126 Å². The molecule has 1 N–H and O–H groups in total. The maximum atomic E-state index is 12.4. The van der Waals surface area contributed by atoms with Gasteiger partial charge in [-0.1, -0.05) is 11.6 Å². The molecule has 0 saturated carbocycles. The molecule has 0 amide bonds. The summed E-state index contributed by atoms with van der Waals surface area (Å²) >= 11 is 5.90. The SMILES string of the molecule is CC1C(C(=O)O)CCN1Cc1cc(Cl)ccc1OC(F)F. The van der Waals surface area contributed by atoms with Gasteiger partial charge in [-0.15, -0.1) is 0 Å². The van der Waals surface area contributed by atoms with Crippen molar-refractivity contribution in [3.63, 3.8) is 0 Å². The van der Waals surface area contributed by atoms with E-state index in [1.807, 2.05) is 11.8 Å². The van der Waals surface area contributed by atoms with Gasteiger partial charge in [0.1, 0.15) is 5.75 Å². The first kappa shape index (κ1) is 16.0. The molecule has 1 saturated heterocycles. The highest BCUT2D eigenvalue weighted by Gasteiger charge is 2.35. The van der Waals surface area contributed by atoms with Gasteiger partial charge in [-0.3, -0.25) is 9.69 Å². The standard InChI is InChI=1S/C14H16ClF2NO3/c1-8-11(13(19)20)4-5-18(8)7-9-6-10(15)2-3-12(9)21-14(16)17/h2-3,6,8,11,14H,4-5,7H2,1H3,(H,19,20). The summed E-state index contributed by atoms with van der Waals surface area (Å²) in [7, 11) is 0. The minimum Gasteiger partial charge on any atom is -0.481 e. The largest absolute Gasteiger partial charge is 0.481 e. The van der Waals surface area contributed by atoms with Crippen molar-refractivity contribution >= 4 is 17.6 Å². The van der Waals surface area contributed by atoms with Gasteiger partial charge in [0.05, 0.1) is 5.92 Å². The quantitative estimate of drug-likeness (QED) is 0.905. The van der Waals surface area contributed by atoms with E-state index in [9.17, 15) is 13.6 Å². The summed E-state index contributed by atoms with van der Waals surface area (Å²) in [6.45, 7) is -0.163. The molecule has 1 heterocycles. The van der Waals surface area contributed by atoms with Crippen molar-refractivity contribution in [2.45, 2.75) is 32.5 Å². The van der Waals surface area contributed by atoms with Gasteiger partial charge >= 0.3 is 12.6 Å². The zero-order valence-corrected chi connectivity index (χ0v) is 12.2. The third-order valence-electron chi connectivity index (χ3n) is 3.81. The zero-order valence-electron chi connectivity index (χ0n) is 11.4. The first-order valence-corrected chi connectivity index (χ1v) is 6.96. The molecule has 2 atom stereocenters. The third-order valence-corrected chi connectivity index (χ3v) is 4.05. The topological polar surface area (TPSA) is 49.8 Å². The molecule has 1 aromatic carbocycles. The Morgan fingerprint density at radius 1 is 1.57 bits per heavy atom. The van der Waals surface area contributed by atoms with Crippen molar-refractivity contribution in [3.8, 4) is 5.75 Å². The molecule has 0 radical (unpaired) electrons. The van der Waals surface area contributed by atoms with Crippen molar-refractivity contribution in [2.24, 2.45) is 5.92 Å². The lowest BCUT2D eigenvalue weighted by Gasteiger charge is -2.24. The first-order chi connectivity index (χ1) is 9.88. The molecule has 2 rings (SSSR count). The molecule has 0 bridgehead atoms. The molecule has 1 aliphatic heterocycles. The summed E-state index contributed by atoms with van der Waals surface area (Å²) in [6.07, 6.45) is 0.544. The lowest BCUT2D eigenvalue weighted by Crippen LogP contribution is -2.32. The lowest BCUT2D eigenvalue weighted by molar-refractivity contribution is -0.142. The second kappa shape index (κ2) is 6.58. The Hall–Kier alpha value is -1.40. The molecule has 7 heteroatoms. The number of carboxylic acid groups (broad SMARTS) is 1. The van der Waals surface area contributed by atoms with E-state index < -0.39 is 18.5 Å². The smallest absolute Gasteiger partial charge is 0.387 e. The van der Waals surface area contributed by atoms with E-state index in [0.717, 1.165) is 0 Å². The molecular weight excluding hydrogens is 304 g/mol. The van der Waals surface area contributed by atoms with Crippen LogP contribution in [0, 0.1) is 5.92 Å². The number of hydrogen-bond donors (Lipinski definition) is 1. The van der Waals surface area contributed by atoms with Crippen LogP contribution in [0.15, 0.2) is 18.2 Å². The Morgan fingerprint density at radius 3 is 2.86 bits per heavy atom. The van der Waals surface area contributed by atoms with Crippen molar-refractivity contribution in [3.05, 3.63) is 28.8 Å². The maximum absolute atomic E-state index is 12.4. The van der Waals surface area contributed by atoms with Crippen LogP contribution in [0.2, 0.25) is 5.02 Å². The van der Waals surface area contributed by atoms with Gasteiger partial charge < -0.3 is 9.84 Å². The zero-order chi connectivity index (χ0) is 15.6. The minimum atomic E-state index is -2.91. The number of hydrogen-bond acceptors (Lipinski definition) is 3. The van der Waals surface area contributed by atoms with Gasteiger partial charge in [0.2, 0.25) is 0 Å². The number of rotatable bonds is 5. The highest BCUT2D eigenvalue weighted by Crippen LogP contribution is 2.30. The number of nitrogens with zero attached hydrogens (tertiary/aromatic N) is 1. The minimum absolute atomic E-state index is 0.0698. The highest BCUT2D eigenvalue weighted by molar-refractivity contribution is 6.30. The number of aliphatic carboxylic acids is 1. The van der Waals surface area contributed by atoms with E-state index >= 15 is 0 Å². The molecule has 1 aromatic rings. The van der Waals surface area contributed by atoms with Crippen LogP contribution in [0.1, 0.15) is 18.9 Å². The first-order valence-electron chi connectivity index (χ1n) is 6.58. The Balaban J connectivity index is 2.15. The van der Waals surface area contributed by atoms with Crippen molar-refractivity contribution < 1.29 is 23.4 Å². The average molecular weight is 320 g/mol. The van der Waals surface area contributed by atoms with Crippen LogP contribution in [0.25, 0.3) is 0 Å². The van der Waals surface area contributed by atoms with Crippen LogP contribution in [0.4, 0.5) is 8.78 Å². The number of alkyl halides is 2. The molecule has 1 aliphatic rings. The molecular formula is C14H16ClF2NO3. The summed E-state index contributed by atoms with van der Waals surface area (Å²) in [5.41, 5.74) is 0.528. The van der Waals surface area contributed by atoms with Crippen molar-refractivity contribution in [2.75, 3.05) is 6.54 Å². The fraction of sp³-hybridized carbons (Fsp3) is 0.500. The Morgan fingerprint density at radius 2 is 2.29 bits per heavy atom. The van der Waals surface area contributed by atoms with Gasteiger partial charge in [0.25, 0.3) is 0 Å². The van der Waals surface area contributed by atoms with Gasteiger partial charge in [-0.25, -0.2) is 0 Å². The Kier molecular flexibility index (Phi) is 5.00. The highest BCUT2D eigenvalue weighted by atomic mass is 35.5. The van der Waals surface area contributed by atoms with Crippen LogP contribution in [-0.2, 0) is 11.3 Å². The number of ether oxygens (including phenoxy) is 1. The van der Waals surface area contributed by atoms with Crippen LogP contribution in [-0.4, -0.2) is 35.2 Å². The summed E-state index contributed by atoms with van der Waals surface area (Å²) in [6, 6.07) is 4.29. The van der Waals surface area contributed by atoms with Gasteiger partial charge in [-0.2, -0.15) is 8.78 Å². The number of carbonyl (C=O) groups is 1. The van der Waals surface area contributed by atoms with Crippen LogP contribution in [0.3, 0.4) is 0 Å². The predicted octanol–water partition coefficient (Wildman–Crippen LogP) is 3.24. The third kappa shape index (κ3) is 3.83. The van der Waals surface area contributed by atoms with E-state index in [2.05, 4.69) is 4.74 Å². The van der Waals surface area contributed by atoms with Crippen molar-refractivity contribution in [1.29, 1.82) is 0 Å². The molecule has 4 nitrogen and oxygen atoms in total. The van der Waals surface area contributed by atoms with Crippen LogP contribution < -0.4 is 4.74 Å². The summed E-state index contributed by atoms with van der Waals surface area (Å²) in [5, 5.41) is 9.54. The lowest BCUT2D eigenvalue weighted by atomic mass is 10.0. The molecule has 1 fully saturated rings. The molecule has 116 valence electrons. The summed E-state index contributed by atoms with van der Waals surface area (Å²) in [4.78, 5) is 13.0. The number of benzene rings is 1. The number of likely N-dealkylation sites (tertiary alicyclic amines) is 1. The van der Waals surface area contributed by atoms with E-state index in [1.54, 1.807) is 6.07 Å². The van der Waals surface area contributed by atoms with Gasteiger partial charge in [-0.05, 0) is 38.1 Å². The van der Waals surface area contributed by atoms with E-state index in [4.69, 9.17) is 16.7 Å². The molecule has 0 aliphatic carbocycles. The Bertz CT molecular complexity index is 527. The summed E-state index contributed by atoms with van der Waals surface area (Å²) in [5.74, 6) is -1.20. The van der Waals surface area contributed by atoms with Crippen LogP contribution >= 0.6 is 11.6 Å². The fourth-order valence-electron chi connectivity index (χ4n) is 2.66. The second-order valence-electron chi connectivity index (χ2n) is 5.08. The monoisotopic (exact) mass is 319 g/mol. The maximum Gasteiger partial charge on any atom is 0.387 e. The van der Waals surface area contributed by atoms with E-state index in [0.29, 0.717) is 30.1 Å². The van der Waals surface area contributed by atoms with Gasteiger partial charge in [0, 0.05) is 23.2 Å². The number of halogens is 3. The predicted molar refractivity (Wildman–Crippen MR) is 73.7 cm³/mol. The molecule has 21 heavy (non-hydrogen) atoms. The van der Waals surface area contributed by atoms with E-state index in [-0.39, 0.29) is 11.8 Å². The fourth-order valence-corrected chi connectivity index (χ4v) is 2.85. The number of carboxylic acids is 1. The summed E-state index contributed by atoms with van der Waals surface area (Å²) < 4.78 is 29.3. The average Bonchev–Trinajstić information content (AvgIpc) is 2.74.